The third-order valence-electron chi connectivity index (χ3n) is 3.50. The maximum absolute atomic E-state index is 12.4. The lowest BCUT2D eigenvalue weighted by molar-refractivity contribution is 0.0939. The fourth-order valence-corrected chi connectivity index (χ4v) is 2.27. The molecule has 0 saturated carbocycles. The Labute approximate surface area is 135 Å². The Balaban J connectivity index is 2.22. The predicted molar refractivity (Wildman–Crippen MR) is 86.6 cm³/mol. The Morgan fingerprint density at radius 2 is 1.96 bits per heavy atom. The third kappa shape index (κ3) is 3.80. The van der Waals surface area contributed by atoms with Crippen LogP contribution in [0.15, 0.2) is 42.5 Å². The first-order valence-corrected chi connectivity index (χ1v) is 7.12. The summed E-state index contributed by atoms with van der Waals surface area (Å²) < 4.78 is 10.6. The summed E-state index contributed by atoms with van der Waals surface area (Å²) in [6.07, 6.45) is 0. The van der Waals surface area contributed by atoms with E-state index in [1.165, 1.54) is 0 Å². The van der Waals surface area contributed by atoms with E-state index < -0.39 is 0 Å². The molecule has 1 N–H and O–H groups in total. The number of carbonyl (C=O) groups excluding carboxylic acids is 1. The number of hydrogen-bond donors (Lipinski definition) is 1. The van der Waals surface area contributed by atoms with E-state index in [1.54, 1.807) is 50.6 Å². The largest absolute Gasteiger partial charge is 0.497 e. The van der Waals surface area contributed by atoms with Gasteiger partial charge < -0.3 is 14.8 Å². The van der Waals surface area contributed by atoms with Crippen LogP contribution in [0.25, 0.3) is 0 Å². The van der Waals surface area contributed by atoms with Gasteiger partial charge >= 0.3 is 0 Å². The summed E-state index contributed by atoms with van der Waals surface area (Å²) >= 11 is 0. The topological polar surface area (TPSA) is 71.3 Å². The van der Waals surface area contributed by atoms with Gasteiger partial charge in [0.05, 0.1) is 31.9 Å². The van der Waals surface area contributed by atoms with Crippen LogP contribution in [0.4, 0.5) is 0 Å². The monoisotopic (exact) mass is 310 g/mol. The highest BCUT2D eigenvalue weighted by atomic mass is 16.5. The highest BCUT2D eigenvalue weighted by molar-refractivity contribution is 5.94. The Kier molecular flexibility index (Phi) is 5.21. The number of carbonyl (C=O) groups is 1. The minimum Gasteiger partial charge on any atom is -0.497 e. The summed E-state index contributed by atoms with van der Waals surface area (Å²) in [5.41, 5.74) is 1.71. The summed E-state index contributed by atoms with van der Waals surface area (Å²) in [6, 6.07) is 13.7. The molecule has 2 aromatic rings. The molecule has 0 radical (unpaired) electrons. The van der Waals surface area contributed by atoms with Crippen LogP contribution >= 0.6 is 0 Å². The van der Waals surface area contributed by atoms with E-state index in [-0.39, 0.29) is 11.9 Å². The minimum absolute atomic E-state index is 0.250. The van der Waals surface area contributed by atoms with Gasteiger partial charge in [-0.1, -0.05) is 6.07 Å². The van der Waals surface area contributed by atoms with Gasteiger partial charge in [0.15, 0.2) is 0 Å². The second kappa shape index (κ2) is 7.32. The van der Waals surface area contributed by atoms with Crippen molar-refractivity contribution in [2.75, 3.05) is 14.2 Å². The second-order valence-electron chi connectivity index (χ2n) is 5.00. The van der Waals surface area contributed by atoms with E-state index in [0.29, 0.717) is 22.6 Å². The third-order valence-corrected chi connectivity index (χ3v) is 3.50. The summed E-state index contributed by atoms with van der Waals surface area (Å²) in [5, 5.41) is 11.8. The van der Waals surface area contributed by atoms with Gasteiger partial charge in [-0.15, -0.1) is 0 Å². The number of nitrogens with one attached hydrogen (secondary N) is 1. The minimum atomic E-state index is -0.279. The first kappa shape index (κ1) is 16.4. The summed E-state index contributed by atoms with van der Waals surface area (Å²) in [5.74, 6) is 1.11. The fourth-order valence-electron chi connectivity index (χ4n) is 2.27. The van der Waals surface area contributed by atoms with Crippen LogP contribution in [0, 0.1) is 11.3 Å². The van der Waals surface area contributed by atoms with Crippen LogP contribution in [0.5, 0.6) is 11.5 Å². The van der Waals surface area contributed by atoms with Crippen molar-refractivity contribution in [1.82, 2.24) is 5.32 Å². The standard InChI is InChI=1S/C18H18N2O3/c1-12(16-10-15(22-2)7-8-17(16)23-3)20-18(21)14-6-4-5-13(9-14)11-19/h4-10,12H,1-3H3,(H,20,21)/t12-/m1/s1. The van der Waals surface area contributed by atoms with Crippen LogP contribution < -0.4 is 14.8 Å². The Morgan fingerprint density at radius 3 is 2.61 bits per heavy atom. The van der Waals surface area contributed by atoms with Crippen molar-refractivity contribution in [3.63, 3.8) is 0 Å². The van der Waals surface area contributed by atoms with Crippen LogP contribution in [0.2, 0.25) is 0 Å². The predicted octanol–water partition coefficient (Wildman–Crippen LogP) is 3.07. The molecule has 1 atom stereocenters. The SMILES string of the molecule is COc1ccc(OC)c([C@@H](C)NC(=O)c2cccc(C#N)c2)c1. The molecule has 0 bridgehead atoms. The van der Waals surface area contributed by atoms with Gasteiger partial charge in [-0.3, -0.25) is 4.79 Å². The van der Waals surface area contributed by atoms with Crippen molar-refractivity contribution in [3.05, 3.63) is 59.2 Å². The molecule has 0 fully saturated rings. The molecule has 0 aliphatic heterocycles. The van der Waals surface area contributed by atoms with Gasteiger partial charge in [-0.2, -0.15) is 5.26 Å². The van der Waals surface area contributed by atoms with Gasteiger partial charge in [-0.05, 0) is 43.3 Å². The van der Waals surface area contributed by atoms with Crippen LogP contribution in [0.1, 0.15) is 34.5 Å². The lowest BCUT2D eigenvalue weighted by Gasteiger charge is -2.18. The Bertz CT molecular complexity index is 750. The maximum Gasteiger partial charge on any atom is 0.251 e. The highest BCUT2D eigenvalue weighted by Crippen LogP contribution is 2.29. The molecule has 0 unspecified atom stereocenters. The first-order chi connectivity index (χ1) is 11.1. The summed E-state index contributed by atoms with van der Waals surface area (Å²) in [7, 11) is 3.17. The molecule has 0 aliphatic carbocycles. The van der Waals surface area contributed by atoms with Gasteiger partial charge in [0.25, 0.3) is 5.91 Å². The lowest BCUT2D eigenvalue weighted by atomic mass is 10.1. The van der Waals surface area contributed by atoms with Crippen molar-refractivity contribution in [1.29, 1.82) is 5.26 Å². The van der Waals surface area contributed by atoms with E-state index in [9.17, 15) is 4.79 Å². The molecule has 2 aromatic carbocycles. The van der Waals surface area contributed by atoms with Gasteiger partial charge in [0, 0.05) is 11.1 Å². The molecule has 5 heteroatoms. The van der Waals surface area contributed by atoms with Gasteiger partial charge in [-0.25, -0.2) is 0 Å². The van der Waals surface area contributed by atoms with Gasteiger partial charge in [0.1, 0.15) is 11.5 Å². The number of rotatable bonds is 5. The number of ether oxygens (including phenoxy) is 2. The van der Waals surface area contributed by atoms with E-state index in [4.69, 9.17) is 14.7 Å². The van der Waals surface area contributed by atoms with Crippen molar-refractivity contribution in [2.24, 2.45) is 0 Å². The number of benzene rings is 2. The fraction of sp³-hybridized carbons (Fsp3) is 0.222. The van der Waals surface area contributed by atoms with Crippen molar-refractivity contribution in [2.45, 2.75) is 13.0 Å². The molecule has 0 spiro atoms. The van der Waals surface area contributed by atoms with Gasteiger partial charge in [0.2, 0.25) is 0 Å². The van der Waals surface area contributed by atoms with Crippen LogP contribution in [-0.4, -0.2) is 20.1 Å². The normalized spacial score (nSPS) is 11.2. The quantitative estimate of drug-likeness (QED) is 0.921. The summed E-state index contributed by atoms with van der Waals surface area (Å²) in [4.78, 5) is 12.4. The molecule has 118 valence electrons. The molecule has 0 aliphatic rings. The molecular weight excluding hydrogens is 292 g/mol. The van der Waals surface area contributed by atoms with E-state index in [1.807, 2.05) is 19.1 Å². The molecule has 0 aromatic heterocycles. The highest BCUT2D eigenvalue weighted by Gasteiger charge is 2.16. The number of amides is 1. The van der Waals surface area contributed by atoms with E-state index in [2.05, 4.69) is 5.32 Å². The molecule has 23 heavy (non-hydrogen) atoms. The zero-order chi connectivity index (χ0) is 16.8. The average molecular weight is 310 g/mol. The molecule has 2 rings (SSSR count). The van der Waals surface area contributed by atoms with E-state index in [0.717, 1.165) is 5.56 Å². The smallest absolute Gasteiger partial charge is 0.251 e. The Hall–Kier alpha value is -3.00. The number of nitrogens with zero attached hydrogens (tertiary/aromatic N) is 1. The molecular formula is C18H18N2O3. The van der Waals surface area contributed by atoms with Crippen LogP contribution in [0.3, 0.4) is 0 Å². The number of hydrogen-bond acceptors (Lipinski definition) is 4. The molecule has 0 heterocycles. The molecule has 1 amide bonds. The molecule has 5 nitrogen and oxygen atoms in total. The summed E-state index contributed by atoms with van der Waals surface area (Å²) in [6.45, 7) is 1.86. The van der Waals surface area contributed by atoms with Crippen LogP contribution in [-0.2, 0) is 0 Å². The number of methoxy groups -OCH3 is 2. The number of nitriles is 1. The maximum atomic E-state index is 12.4. The zero-order valence-electron chi connectivity index (χ0n) is 13.3. The average Bonchev–Trinajstić information content (AvgIpc) is 2.60. The van der Waals surface area contributed by atoms with Crippen molar-refractivity contribution in [3.8, 4) is 17.6 Å². The molecule has 0 saturated heterocycles. The van der Waals surface area contributed by atoms with Crippen molar-refractivity contribution < 1.29 is 14.3 Å². The van der Waals surface area contributed by atoms with E-state index >= 15 is 0 Å². The lowest BCUT2D eigenvalue weighted by Crippen LogP contribution is -2.27. The van der Waals surface area contributed by atoms with Crippen molar-refractivity contribution >= 4 is 5.91 Å². The zero-order valence-corrected chi connectivity index (χ0v) is 13.3. The first-order valence-electron chi connectivity index (χ1n) is 7.12. The second-order valence-corrected chi connectivity index (χ2v) is 5.00. The Morgan fingerprint density at radius 1 is 1.17 bits per heavy atom.